The molecule has 0 aromatic heterocycles. The normalized spacial score (nSPS) is 11.5. The number of anilines is 1. The summed E-state index contributed by atoms with van der Waals surface area (Å²) in [6.45, 7) is 1.99. The Morgan fingerprint density at radius 2 is 1.80 bits per heavy atom. The molecule has 0 bridgehead atoms. The highest BCUT2D eigenvalue weighted by atomic mass is 32.2. The molecule has 0 aliphatic rings. The van der Waals surface area contributed by atoms with Crippen molar-refractivity contribution in [2.75, 3.05) is 25.2 Å². The van der Waals surface area contributed by atoms with Crippen LogP contribution in [-0.4, -0.2) is 38.5 Å². The first kappa shape index (κ1) is 19.5. The van der Waals surface area contributed by atoms with Crippen molar-refractivity contribution >= 4 is 33.4 Å². The van der Waals surface area contributed by atoms with Gasteiger partial charge >= 0.3 is 0 Å². The number of carbonyl (C=O) groups excluding carboxylic acids is 1. The van der Waals surface area contributed by atoms with Crippen LogP contribution in [0, 0.1) is 6.92 Å². The van der Waals surface area contributed by atoms with Crippen molar-refractivity contribution < 1.29 is 13.2 Å². The van der Waals surface area contributed by atoms with Crippen molar-refractivity contribution in [3.8, 4) is 0 Å². The third-order valence-electron chi connectivity index (χ3n) is 3.51. The summed E-state index contributed by atoms with van der Waals surface area (Å²) in [5.41, 5.74) is 2.78. The Morgan fingerprint density at radius 1 is 1.12 bits per heavy atom. The number of nitrogens with one attached hydrogen (secondary N) is 1. The zero-order valence-corrected chi connectivity index (χ0v) is 16.2. The standard InChI is InChI=1S/C18H22N2O3S2/c1-14-7-9-16(10-8-14)19-18(21)13-24-12-15-5-4-6-17(11-15)25(22,23)20(2)3/h4-11H,12-13H2,1-3H3,(H,19,21). The van der Waals surface area contributed by atoms with Crippen LogP contribution in [0.2, 0.25) is 0 Å². The van der Waals surface area contributed by atoms with Crippen LogP contribution >= 0.6 is 11.8 Å². The van der Waals surface area contributed by atoms with E-state index in [1.165, 1.54) is 30.2 Å². The quantitative estimate of drug-likeness (QED) is 0.804. The van der Waals surface area contributed by atoms with E-state index in [2.05, 4.69) is 5.32 Å². The Balaban J connectivity index is 1.89. The van der Waals surface area contributed by atoms with Crippen LogP contribution in [0.1, 0.15) is 11.1 Å². The first-order valence-corrected chi connectivity index (χ1v) is 10.3. The Labute approximate surface area is 153 Å². The molecule has 0 spiro atoms. The summed E-state index contributed by atoms with van der Waals surface area (Å²) in [5, 5.41) is 2.84. The van der Waals surface area contributed by atoms with Crippen molar-refractivity contribution in [2.45, 2.75) is 17.6 Å². The number of nitrogens with zero attached hydrogens (tertiary/aromatic N) is 1. The van der Waals surface area contributed by atoms with Gasteiger partial charge in [0, 0.05) is 25.5 Å². The maximum Gasteiger partial charge on any atom is 0.242 e. The average molecular weight is 379 g/mol. The van der Waals surface area contributed by atoms with Gasteiger partial charge in [0.05, 0.1) is 10.6 Å². The lowest BCUT2D eigenvalue weighted by Gasteiger charge is -2.12. The van der Waals surface area contributed by atoms with Crippen molar-refractivity contribution in [3.63, 3.8) is 0 Å². The number of carbonyl (C=O) groups is 1. The minimum absolute atomic E-state index is 0.0779. The smallest absolute Gasteiger partial charge is 0.242 e. The first-order chi connectivity index (χ1) is 11.8. The Bertz CT molecular complexity index is 832. The van der Waals surface area contributed by atoms with E-state index in [-0.39, 0.29) is 10.8 Å². The molecule has 0 aliphatic carbocycles. The van der Waals surface area contributed by atoms with E-state index in [0.29, 0.717) is 11.5 Å². The van der Waals surface area contributed by atoms with Gasteiger partial charge < -0.3 is 5.32 Å². The molecule has 0 aliphatic heterocycles. The molecule has 0 unspecified atom stereocenters. The van der Waals surface area contributed by atoms with Gasteiger partial charge in [0.2, 0.25) is 15.9 Å². The molecule has 0 fully saturated rings. The molecule has 25 heavy (non-hydrogen) atoms. The molecular formula is C18H22N2O3S2. The van der Waals surface area contributed by atoms with Crippen molar-refractivity contribution in [1.82, 2.24) is 4.31 Å². The van der Waals surface area contributed by atoms with Crippen LogP contribution in [0.25, 0.3) is 0 Å². The molecule has 0 saturated heterocycles. The van der Waals surface area contributed by atoms with E-state index in [1.54, 1.807) is 18.2 Å². The van der Waals surface area contributed by atoms with Crippen LogP contribution in [0.3, 0.4) is 0 Å². The van der Waals surface area contributed by atoms with Gasteiger partial charge in [-0.25, -0.2) is 12.7 Å². The number of thioether (sulfide) groups is 1. The maximum absolute atomic E-state index is 12.1. The Morgan fingerprint density at radius 3 is 2.44 bits per heavy atom. The molecule has 5 nitrogen and oxygen atoms in total. The SMILES string of the molecule is Cc1ccc(NC(=O)CSCc2cccc(S(=O)(=O)N(C)C)c2)cc1. The fourth-order valence-electron chi connectivity index (χ4n) is 2.10. The van der Waals surface area contributed by atoms with Crippen LogP contribution < -0.4 is 5.32 Å². The molecular weight excluding hydrogens is 356 g/mol. The topological polar surface area (TPSA) is 66.5 Å². The fraction of sp³-hybridized carbons (Fsp3) is 0.278. The summed E-state index contributed by atoms with van der Waals surface area (Å²) in [6.07, 6.45) is 0. The van der Waals surface area contributed by atoms with E-state index in [9.17, 15) is 13.2 Å². The van der Waals surface area contributed by atoms with Gasteiger partial charge in [0.25, 0.3) is 0 Å². The largest absolute Gasteiger partial charge is 0.325 e. The van der Waals surface area contributed by atoms with Crippen molar-refractivity contribution in [2.24, 2.45) is 0 Å². The highest BCUT2D eigenvalue weighted by Gasteiger charge is 2.17. The molecule has 134 valence electrons. The monoisotopic (exact) mass is 378 g/mol. The van der Waals surface area contributed by atoms with Crippen LogP contribution in [0.15, 0.2) is 53.4 Å². The van der Waals surface area contributed by atoms with Gasteiger partial charge in [-0.3, -0.25) is 4.79 Å². The summed E-state index contributed by atoms with van der Waals surface area (Å²) in [5.74, 6) is 0.794. The van der Waals surface area contributed by atoms with Gasteiger partial charge in [-0.15, -0.1) is 11.8 Å². The number of amides is 1. The van der Waals surface area contributed by atoms with Gasteiger partial charge in [-0.05, 0) is 36.8 Å². The fourth-order valence-corrected chi connectivity index (χ4v) is 3.85. The van der Waals surface area contributed by atoms with Crippen LogP contribution in [0.4, 0.5) is 5.69 Å². The zero-order valence-electron chi connectivity index (χ0n) is 14.5. The lowest BCUT2D eigenvalue weighted by Crippen LogP contribution is -2.22. The lowest BCUT2D eigenvalue weighted by atomic mass is 10.2. The summed E-state index contributed by atoms with van der Waals surface area (Å²) >= 11 is 1.44. The third-order valence-corrected chi connectivity index (χ3v) is 6.33. The molecule has 1 amide bonds. The number of benzene rings is 2. The number of sulfonamides is 1. The minimum atomic E-state index is -3.44. The number of hydrogen-bond acceptors (Lipinski definition) is 4. The van der Waals surface area contributed by atoms with Crippen LogP contribution in [-0.2, 0) is 20.6 Å². The molecule has 0 atom stereocenters. The average Bonchev–Trinajstić information content (AvgIpc) is 2.57. The number of rotatable bonds is 7. The van der Waals surface area contributed by atoms with Crippen molar-refractivity contribution in [3.05, 3.63) is 59.7 Å². The predicted molar refractivity (Wildman–Crippen MR) is 103 cm³/mol. The third kappa shape index (κ3) is 5.59. The minimum Gasteiger partial charge on any atom is -0.325 e. The molecule has 2 rings (SSSR count). The van der Waals surface area contributed by atoms with Gasteiger partial charge in [-0.2, -0.15) is 0 Å². The summed E-state index contributed by atoms with van der Waals surface area (Å²) < 4.78 is 25.5. The van der Waals surface area contributed by atoms with E-state index in [4.69, 9.17) is 0 Å². The van der Waals surface area contributed by atoms with Gasteiger partial charge in [0.15, 0.2) is 0 Å². The first-order valence-electron chi connectivity index (χ1n) is 7.75. The highest BCUT2D eigenvalue weighted by molar-refractivity contribution is 7.99. The summed E-state index contributed by atoms with van der Waals surface area (Å²) in [6, 6.07) is 14.4. The van der Waals surface area contributed by atoms with E-state index in [0.717, 1.165) is 16.8 Å². The van der Waals surface area contributed by atoms with Crippen LogP contribution in [0.5, 0.6) is 0 Å². The van der Waals surface area contributed by atoms with E-state index in [1.807, 2.05) is 37.3 Å². The van der Waals surface area contributed by atoms with Crippen molar-refractivity contribution in [1.29, 1.82) is 0 Å². The molecule has 2 aromatic rings. The summed E-state index contributed by atoms with van der Waals surface area (Å²) in [7, 11) is -0.428. The molecule has 2 aromatic carbocycles. The highest BCUT2D eigenvalue weighted by Crippen LogP contribution is 2.19. The predicted octanol–water partition coefficient (Wildman–Crippen LogP) is 3.12. The van der Waals surface area contributed by atoms with E-state index < -0.39 is 10.0 Å². The Kier molecular flexibility index (Phi) is 6.64. The zero-order chi connectivity index (χ0) is 18.4. The second-order valence-corrected chi connectivity index (χ2v) is 8.98. The lowest BCUT2D eigenvalue weighted by molar-refractivity contribution is -0.113. The molecule has 1 N–H and O–H groups in total. The second-order valence-electron chi connectivity index (χ2n) is 5.84. The molecule has 0 radical (unpaired) electrons. The molecule has 7 heteroatoms. The maximum atomic E-state index is 12.1. The van der Waals surface area contributed by atoms with E-state index >= 15 is 0 Å². The number of aryl methyl sites for hydroxylation is 1. The second kappa shape index (κ2) is 8.51. The number of hydrogen-bond donors (Lipinski definition) is 1. The molecule has 0 heterocycles. The Hall–Kier alpha value is -1.83. The van der Waals surface area contributed by atoms with Gasteiger partial charge in [0.1, 0.15) is 0 Å². The molecule has 0 saturated carbocycles. The van der Waals surface area contributed by atoms with Gasteiger partial charge in [-0.1, -0.05) is 29.8 Å². The summed E-state index contributed by atoms with van der Waals surface area (Å²) in [4.78, 5) is 12.2.